The molecule has 1 amide bonds. The number of aliphatic hydroxyl groups is 1. The molecule has 0 radical (unpaired) electrons. The second-order valence-corrected chi connectivity index (χ2v) is 12.5. The molecule has 1 aliphatic heterocycles. The Kier molecular flexibility index (Phi) is 11.0. The van der Waals surface area contributed by atoms with Gasteiger partial charge in [-0.25, -0.2) is 8.42 Å². The van der Waals surface area contributed by atoms with Crippen molar-refractivity contribution < 1.29 is 32.5 Å². The number of aliphatic hydroxyl groups excluding tert-OH is 1. The first kappa shape index (κ1) is 31.6. The first-order chi connectivity index (χ1) is 20.3. The number of amides is 1. The fourth-order valence-electron chi connectivity index (χ4n) is 5.42. The number of hydrogen-bond donors (Lipinski definition) is 1. The van der Waals surface area contributed by atoms with Crippen molar-refractivity contribution in [1.82, 2.24) is 9.21 Å². The van der Waals surface area contributed by atoms with Gasteiger partial charge in [0, 0.05) is 44.1 Å². The van der Waals surface area contributed by atoms with E-state index >= 15 is 0 Å². The summed E-state index contributed by atoms with van der Waals surface area (Å²) in [4.78, 5) is 15.4. The van der Waals surface area contributed by atoms with Crippen LogP contribution in [0.1, 0.15) is 55.6 Å². The minimum Gasteiger partial charge on any atom is -0.497 e. The number of terminal acetylenes is 1. The molecule has 0 spiro atoms. The van der Waals surface area contributed by atoms with E-state index in [0.29, 0.717) is 12.2 Å². The Labute approximate surface area is 249 Å². The Morgan fingerprint density at radius 3 is 2.38 bits per heavy atom. The quantitative estimate of drug-likeness (QED) is 0.371. The van der Waals surface area contributed by atoms with E-state index in [4.69, 9.17) is 20.6 Å². The van der Waals surface area contributed by atoms with Crippen LogP contribution in [0.3, 0.4) is 0 Å². The lowest BCUT2D eigenvalue weighted by molar-refractivity contribution is -0.153. The van der Waals surface area contributed by atoms with Gasteiger partial charge in [0.1, 0.15) is 5.75 Å². The van der Waals surface area contributed by atoms with Crippen LogP contribution in [-0.2, 0) is 24.3 Å². The van der Waals surface area contributed by atoms with Crippen LogP contribution in [0.2, 0.25) is 0 Å². The molecule has 1 saturated carbocycles. The lowest BCUT2D eigenvalue weighted by Gasteiger charge is -2.35. The van der Waals surface area contributed by atoms with E-state index in [0.717, 1.165) is 36.8 Å². The second kappa shape index (κ2) is 14.7. The number of nitrogens with zero attached hydrogens (tertiary/aromatic N) is 2. The number of sulfonamides is 1. The average molecular weight is 597 g/mol. The molecule has 1 fully saturated rings. The van der Waals surface area contributed by atoms with Crippen molar-refractivity contribution in [1.29, 1.82) is 0 Å². The Balaban J connectivity index is 1.48. The molecule has 0 bridgehead atoms. The van der Waals surface area contributed by atoms with E-state index in [2.05, 4.69) is 5.92 Å². The molecule has 2 atom stereocenters. The molecule has 1 heterocycles. The van der Waals surface area contributed by atoms with Gasteiger partial charge in [0.2, 0.25) is 16.3 Å². The van der Waals surface area contributed by atoms with E-state index in [-0.39, 0.29) is 54.8 Å². The van der Waals surface area contributed by atoms with E-state index in [9.17, 15) is 18.3 Å². The molecular formula is C32H40N2O7S. The van der Waals surface area contributed by atoms with Crippen LogP contribution in [0.15, 0.2) is 65.3 Å². The van der Waals surface area contributed by atoms with Gasteiger partial charge in [0.05, 0.1) is 25.2 Å². The number of carbonyl (C=O) groups excluding carboxylic acids is 1. The molecule has 42 heavy (non-hydrogen) atoms. The summed E-state index contributed by atoms with van der Waals surface area (Å²) >= 11 is 0. The maximum Gasteiger partial charge on any atom is 0.288 e. The lowest BCUT2D eigenvalue weighted by atomic mass is 9.91. The van der Waals surface area contributed by atoms with Crippen LogP contribution in [0.5, 0.6) is 5.75 Å². The van der Waals surface area contributed by atoms with Crippen molar-refractivity contribution in [3.8, 4) is 18.1 Å². The summed E-state index contributed by atoms with van der Waals surface area (Å²) in [7, 11) is -0.566. The molecule has 1 N–H and O–H groups in total. The third-order valence-electron chi connectivity index (χ3n) is 7.91. The zero-order valence-corrected chi connectivity index (χ0v) is 25.1. The van der Waals surface area contributed by atoms with E-state index < -0.39 is 16.3 Å². The highest BCUT2D eigenvalue weighted by atomic mass is 32.2. The Morgan fingerprint density at radius 1 is 1.07 bits per heavy atom. The van der Waals surface area contributed by atoms with Crippen LogP contribution >= 0.6 is 0 Å². The lowest BCUT2D eigenvalue weighted by Crippen LogP contribution is -2.41. The zero-order chi connectivity index (χ0) is 30.1. The molecule has 0 saturated heterocycles. The highest BCUT2D eigenvalue weighted by molar-refractivity contribution is 7.89. The molecule has 2 aromatic rings. The minimum absolute atomic E-state index is 0.00272. The predicted molar refractivity (Wildman–Crippen MR) is 159 cm³/mol. The number of allylic oxidation sites excluding steroid dienone is 1. The van der Waals surface area contributed by atoms with E-state index in [1.165, 1.54) is 30.0 Å². The van der Waals surface area contributed by atoms with Gasteiger partial charge in [-0.1, -0.05) is 37.3 Å². The van der Waals surface area contributed by atoms with Gasteiger partial charge in [0.15, 0.2) is 5.76 Å². The van der Waals surface area contributed by atoms with Crippen molar-refractivity contribution in [2.75, 3.05) is 40.5 Å². The van der Waals surface area contributed by atoms with Crippen LogP contribution < -0.4 is 4.74 Å². The summed E-state index contributed by atoms with van der Waals surface area (Å²) in [6.07, 6.45) is 12.4. The van der Waals surface area contributed by atoms with Gasteiger partial charge in [-0.15, -0.1) is 6.42 Å². The molecule has 2 aliphatic rings. The Bertz CT molecular complexity index is 1360. The van der Waals surface area contributed by atoms with Gasteiger partial charge in [0.25, 0.3) is 5.91 Å². The normalized spacial score (nSPS) is 19.5. The zero-order valence-electron chi connectivity index (χ0n) is 24.3. The van der Waals surface area contributed by atoms with Gasteiger partial charge < -0.3 is 24.2 Å². The number of benzene rings is 2. The summed E-state index contributed by atoms with van der Waals surface area (Å²) in [6.45, 7) is -0.447. The van der Waals surface area contributed by atoms with Crippen LogP contribution in [0.25, 0.3) is 0 Å². The number of rotatable bonds is 12. The summed E-state index contributed by atoms with van der Waals surface area (Å²) in [5, 5.41) is 9.58. The maximum atomic E-state index is 13.5. The summed E-state index contributed by atoms with van der Waals surface area (Å²) in [5.74, 6) is 3.03. The van der Waals surface area contributed by atoms with Crippen molar-refractivity contribution >= 4 is 15.9 Å². The Hall–Kier alpha value is -3.36. The standard InChI is InChI=1S/C32H40N2O7S/c1-4-24-10-12-25(13-11-24)26-22-30(32(36)33(2)27-8-6-5-7-9-27)41-31(23-26)40-21-19-34(18-20-35)42(37,38)29-16-14-28(39-3)15-17-29/h1,10-17,22,26-27,31,35H,5-9,18-21,23H2,2-3H3/t26-,31+/m0/s1. The van der Waals surface area contributed by atoms with Crippen LogP contribution in [0.4, 0.5) is 0 Å². The highest BCUT2D eigenvalue weighted by Gasteiger charge is 2.33. The summed E-state index contributed by atoms with van der Waals surface area (Å²) in [6, 6.07) is 13.8. The molecule has 1 aliphatic carbocycles. The smallest absolute Gasteiger partial charge is 0.288 e. The third-order valence-corrected chi connectivity index (χ3v) is 9.82. The highest BCUT2D eigenvalue weighted by Crippen LogP contribution is 2.33. The fourth-order valence-corrected chi connectivity index (χ4v) is 6.84. The topological polar surface area (TPSA) is 106 Å². The van der Waals surface area contributed by atoms with Crippen molar-refractivity contribution in [2.24, 2.45) is 0 Å². The molecule has 10 heteroatoms. The molecule has 0 aromatic heterocycles. The number of ether oxygens (including phenoxy) is 3. The SMILES string of the molecule is C#Cc1ccc([C@H]2C=C(C(=O)N(C)C3CCCCC3)O[C@@H](OCCN(CCO)S(=O)(=O)c3ccc(OC)cc3)C2)cc1. The number of likely N-dealkylation sites (N-methyl/N-ethyl adjacent to an activating group) is 1. The van der Waals surface area contributed by atoms with Gasteiger partial charge >= 0.3 is 0 Å². The van der Waals surface area contributed by atoms with Gasteiger partial charge in [-0.05, 0) is 60.9 Å². The number of carbonyl (C=O) groups is 1. The molecular weight excluding hydrogens is 556 g/mol. The van der Waals surface area contributed by atoms with Crippen molar-refractivity contribution in [3.05, 3.63) is 71.5 Å². The van der Waals surface area contributed by atoms with Gasteiger partial charge in [-0.3, -0.25) is 4.79 Å². The van der Waals surface area contributed by atoms with Crippen LogP contribution in [0, 0.1) is 12.3 Å². The van der Waals surface area contributed by atoms with E-state index in [1.54, 1.807) is 17.0 Å². The molecule has 9 nitrogen and oxygen atoms in total. The molecule has 0 unspecified atom stereocenters. The predicted octanol–water partition coefficient (Wildman–Crippen LogP) is 3.88. The number of hydrogen-bond acceptors (Lipinski definition) is 7. The van der Waals surface area contributed by atoms with Crippen molar-refractivity contribution in [2.45, 2.75) is 61.7 Å². The third kappa shape index (κ3) is 7.72. The largest absolute Gasteiger partial charge is 0.497 e. The van der Waals surface area contributed by atoms with E-state index in [1.807, 2.05) is 37.4 Å². The van der Waals surface area contributed by atoms with Crippen LogP contribution in [-0.4, -0.2) is 81.4 Å². The number of methoxy groups -OCH3 is 1. The Morgan fingerprint density at radius 2 is 1.76 bits per heavy atom. The van der Waals surface area contributed by atoms with Crippen molar-refractivity contribution in [3.63, 3.8) is 0 Å². The first-order valence-electron chi connectivity index (χ1n) is 14.4. The minimum atomic E-state index is -3.89. The maximum absolute atomic E-state index is 13.5. The summed E-state index contributed by atoms with van der Waals surface area (Å²) < 4.78 is 45.0. The monoisotopic (exact) mass is 596 g/mol. The molecule has 4 rings (SSSR count). The fraction of sp³-hybridized carbons (Fsp3) is 0.469. The molecule has 2 aromatic carbocycles. The first-order valence-corrected chi connectivity index (χ1v) is 15.8. The second-order valence-electron chi connectivity index (χ2n) is 10.6. The average Bonchev–Trinajstić information content (AvgIpc) is 3.04. The van der Waals surface area contributed by atoms with Gasteiger partial charge in [-0.2, -0.15) is 4.31 Å². The molecule has 226 valence electrons. The summed E-state index contributed by atoms with van der Waals surface area (Å²) in [5.41, 5.74) is 1.73.